The fraction of sp³-hybridized carbons (Fsp3) is 0.500. The molecule has 1 rings (SSSR count). The molecular weight excluding hydrogens is 220 g/mol. The molecular formula is C12H18BFNO2. The van der Waals surface area contributed by atoms with E-state index in [1.807, 2.05) is 0 Å². The Morgan fingerprint density at radius 2 is 1.88 bits per heavy atom. The first kappa shape index (κ1) is 14.0. The van der Waals surface area contributed by atoms with E-state index in [0.29, 0.717) is 11.2 Å². The van der Waals surface area contributed by atoms with Crippen LogP contribution in [-0.2, 0) is 4.65 Å². The van der Waals surface area contributed by atoms with Crippen molar-refractivity contribution in [3.8, 4) is 0 Å². The topological polar surface area (TPSA) is 55.5 Å². The average molecular weight is 238 g/mol. The zero-order valence-electron chi connectivity index (χ0n) is 10.6. The number of hydrogen-bond acceptors (Lipinski definition) is 3. The molecule has 17 heavy (non-hydrogen) atoms. The van der Waals surface area contributed by atoms with E-state index in [1.54, 1.807) is 33.8 Å². The molecule has 0 aliphatic rings. The van der Waals surface area contributed by atoms with Gasteiger partial charge in [-0.1, -0.05) is 6.07 Å². The number of rotatable bonds is 4. The standard InChI is InChI=1S/C12H18BFNO2/c1-11(2,16)12(3,4)17-13-9-6-5-8(15)7-10(9)14/h5-7,16H,15H2,1-4H3. The molecule has 1 aromatic carbocycles. The number of nitrogens with two attached hydrogens (primary N) is 1. The van der Waals surface area contributed by atoms with E-state index in [9.17, 15) is 9.50 Å². The fourth-order valence-corrected chi connectivity index (χ4v) is 0.994. The lowest BCUT2D eigenvalue weighted by atomic mass is 9.82. The van der Waals surface area contributed by atoms with Crippen LogP contribution in [0.15, 0.2) is 18.2 Å². The first-order chi connectivity index (χ1) is 7.63. The molecule has 3 N–H and O–H groups in total. The minimum absolute atomic E-state index is 0.302. The van der Waals surface area contributed by atoms with Gasteiger partial charge in [0.25, 0.3) is 0 Å². The summed E-state index contributed by atoms with van der Waals surface area (Å²) < 4.78 is 18.9. The molecule has 0 unspecified atom stereocenters. The van der Waals surface area contributed by atoms with E-state index in [0.717, 1.165) is 0 Å². The molecule has 1 radical (unpaired) electrons. The van der Waals surface area contributed by atoms with E-state index in [2.05, 4.69) is 0 Å². The second-order valence-electron chi connectivity index (χ2n) is 5.09. The normalized spacial score (nSPS) is 12.6. The van der Waals surface area contributed by atoms with Crippen molar-refractivity contribution < 1.29 is 14.2 Å². The average Bonchev–Trinajstić information content (AvgIpc) is 2.14. The summed E-state index contributed by atoms with van der Waals surface area (Å²) in [5, 5.41) is 9.88. The molecule has 0 aromatic heterocycles. The van der Waals surface area contributed by atoms with Crippen molar-refractivity contribution >= 4 is 18.6 Å². The Morgan fingerprint density at radius 3 is 2.35 bits per heavy atom. The van der Waals surface area contributed by atoms with E-state index in [1.165, 1.54) is 19.6 Å². The molecule has 0 saturated carbocycles. The van der Waals surface area contributed by atoms with Crippen molar-refractivity contribution in [1.82, 2.24) is 0 Å². The Balaban J connectivity index is 2.74. The monoisotopic (exact) mass is 238 g/mol. The third kappa shape index (κ3) is 3.44. The molecule has 0 amide bonds. The van der Waals surface area contributed by atoms with Gasteiger partial charge < -0.3 is 15.5 Å². The van der Waals surface area contributed by atoms with Gasteiger partial charge in [0.2, 0.25) is 0 Å². The summed E-state index contributed by atoms with van der Waals surface area (Å²) in [6.45, 7) is 6.75. The Labute approximate surface area is 102 Å². The van der Waals surface area contributed by atoms with Crippen LogP contribution < -0.4 is 11.2 Å². The van der Waals surface area contributed by atoms with Crippen molar-refractivity contribution in [3.05, 3.63) is 24.0 Å². The first-order valence-electron chi connectivity index (χ1n) is 5.42. The summed E-state index contributed by atoms with van der Waals surface area (Å²) in [5.74, 6) is -0.448. The van der Waals surface area contributed by atoms with Crippen LogP contribution in [-0.4, -0.2) is 23.8 Å². The lowest BCUT2D eigenvalue weighted by Crippen LogP contribution is -2.49. The first-order valence-corrected chi connectivity index (χ1v) is 5.42. The number of benzene rings is 1. The highest BCUT2D eigenvalue weighted by molar-refractivity contribution is 6.47. The summed E-state index contributed by atoms with van der Waals surface area (Å²) in [7, 11) is 1.30. The summed E-state index contributed by atoms with van der Waals surface area (Å²) in [4.78, 5) is 0. The van der Waals surface area contributed by atoms with Gasteiger partial charge in [-0.05, 0) is 45.3 Å². The third-order valence-electron chi connectivity index (χ3n) is 2.98. The molecule has 93 valence electrons. The van der Waals surface area contributed by atoms with E-state index >= 15 is 0 Å². The minimum atomic E-state index is -1.03. The Kier molecular flexibility index (Phi) is 3.84. The second-order valence-corrected chi connectivity index (χ2v) is 5.09. The maximum atomic E-state index is 13.5. The fourth-order valence-electron chi connectivity index (χ4n) is 0.994. The van der Waals surface area contributed by atoms with Gasteiger partial charge in [-0.2, -0.15) is 0 Å². The van der Waals surface area contributed by atoms with Gasteiger partial charge >= 0.3 is 7.48 Å². The predicted octanol–water partition coefficient (Wildman–Crippen LogP) is 1.22. The second kappa shape index (κ2) is 4.66. The molecule has 0 fully saturated rings. The van der Waals surface area contributed by atoms with Gasteiger partial charge in [-0.15, -0.1) is 0 Å². The van der Waals surface area contributed by atoms with Gasteiger partial charge in [0, 0.05) is 5.69 Å². The largest absolute Gasteiger partial charge is 0.427 e. The molecule has 0 saturated heterocycles. The van der Waals surface area contributed by atoms with Crippen molar-refractivity contribution in [2.24, 2.45) is 0 Å². The maximum Gasteiger partial charge on any atom is 0.333 e. The molecule has 0 spiro atoms. The highest BCUT2D eigenvalue weighted by atomic mass is 19.1. The smallest absolute Gasteiger partial charge is 0.333 e. The summed E-state index contributed by atoms with van der Waals surface area (Å²) in [6, 6.07) is 4.35. The summed E-state index contributed by atoms with van der Waals surface area (Å²) in [6.07, 6.45) is 0. The number of halogens is 1. The Bertz CT molecular complexity index is 402. The SMILES string of the molecule is CC(C)(O)C(C)(C)O[B]c1ccc(N)cc1F. The zero-order chi connectivity index (χ0) is 13.3. The van der Waals surface area contributed by atoms with Crippen LogP contribution in [0.1, 0.15) is 27.7 Å². The van der Waals surface area contributed by atoms with Crippen molar-refractivity contribution in [1.29, 1.82) is 0 Å². The number of nitrogen functional groups attached to an aromatic ring is 1. The molecule has 0 bridgehead atoms. The molecule has 0 heterocycles. The maximum absolute atomic E-state index is 13.5. The highest BCUT2D eigenvalue weighted by Gasteiger charge is 2.35. The Hall–Kier alpha value is -1.07. The number of anilines is 1. The van der Waals surface area contributed by atoms with Crippen molar-refractivity contribution in [2.75, 3.05) is 5.73 Å². The molecule has 1 aromatic rings. The predicted molar refractivity (Wildman–Crippen MR) is 67.7 cm³/mol. The van der Waals surface area contributed by atoms with E-state index < -0.39 is 17.0 Å². The minimum Gasteiger partial charge on any atom is -0.427 e. The highest BCUT2D eigenvalue weighted by Crippen LogP contribution is 2.24. The van der Waals surface area contributed by atoms with Gasteiger partial charge in [-0.25, -0.2) is 4.39 Å². The Morgan fingerprint density at radius 1 is 1.29 bits per heavy atom. The number of hydrogen-bond donors (Lipinski definition) is 2. The molecule has 3 nitrogen and oxygen atoms in total. The van der Waals surface area contributed by atoms with Crippen LogP contribution in [0.4, 0.5) is 10.1 Å². The number of aliphatic hydroxyl groups is 1. The van der Waals surface area contributed by atoms with Gasteiger partial charge in [0.15, 0.2) is 0 Å². The van der Waals surface area contributed by atoms with Crippen LogP contribution >= 0.6 is 0 Å². The quantitative estimate of drug-likeness (QED) is 0.612. The van der Waals surface area contributed by atoms with Crippen LogP contribution in [0.2, 0.25) is 0 Å². The van der Waals surface area contributed by atoms with E-state index in [4.69, 9.17) is 10.4 Å². The van der Waals surface area contributed by atoms with Crippen LogP contribution in [0.25, 0.3) is 0 Å². The lowest BCUT2D eigenvalue weighted by molar-refractivity contribution is -0.0893. The lowest BCUT2D eigenvalue weighted by Gasteiger charge is -2.37. The van der Waals surface area contributed by atoms with Crippen LogP contribution in [0.3, 0.4) is 0 Å². The third-order valence-corrected chi connectivity index (χ3v) is 2.98. The molecule has 0 aliphatic heterocycles. The van der Waals surface area contributed by atoms with E-state index in [-0.39, 0.29) is 0 Å². The van der Waals surface area contributed by atoms with Crippen molar-refractivity contribution in [2.45, 2.75) is 38.9 Å². The molecule has 0 atom stereocenters. The molecule has 5 heteroatoms. The summed E-state index contributed by atoms with van der Waals surface area (Å²) in [5.41, 5.74) is 4.26. The summed E-state index contributed by atoms with van der Waals surface area (Å²) >= 11 is 0. The van der Waals surface area contributed by atoms with Gasteiger partial charge in [-0.3, -0.25) is 0 Å². The zero-order valence-corrected chi connectivity index (χ0v) is 10.6. The van der Waals surface area contributed by atoms with Gasteiger partial charge in [0.05, 0.1) is 11.2 Å². The molecule has 0 aliphatic carbocycles. The van der Waals surface area contributed by atoms with Crippen molar-refractivity contribution in [3.63, 3.8) is 0 Å². The van der Waals surface area contributed by atoms with Crippen LogP contribution in [0.5, 0.6) is 0 Å². The van der Waals surface area contributed by atoms with Gasteiger partial charge in [0.1, 0.15) is 5.82 Å². The van der Waals surface area contributed by atoms with Crippen LogP contribution in [0, 0.1) is 5.82 Å².